The maximum atomic E-state index is 14.4. The van der Waals surface area contributed by atoms with E-state index in [9.17, 15) is 45.6 Å². The van der Waals surface area contributed by atoms with Crippen LogP contribution in [0.15, 0.2) is 51.4 Å². The van der Waals surface area contributed by atoms with Crippen LogP contribution >= 0.6 is 0 Å². The van der Waals surface area contributed by atoms with Crippen LogP contribution in [-0.4, -0.2) is 122 Å². The number of hydrogen-bond acceptors (Lipinski definition) is 10. The number of ether oxygens (including phenoxy) is 3. The monoisotopic (exact) mass is 840 g/mol. The Labute approximate surface area is 335 Å². The van der Waals surface area contributed by atoms with Gasteiger partial charge in [-0.25, -0.2) is 22.8 Å². The Balaban J connectivity index is 1.68. The number of sulfonamides is 1. The molecule has 0 fully saturated rings. The number of amides is 4. The van der Waals surface area contributed by atoms with E-state index in [2.05, 4.69) is 15.0 Å². The number of guanidine groups is 1. The van der Waals surface area contributed by atoms with Crippen LogP contribution in [0.5, 0.6) is 0 Å². The van der Waals surface area contributed by atoms with E-state index >= 15 is 0 Å². The average Bonchev–Trinajstić information content (AvgIpc) is 3.11. The van der Waals surface area contributed by atoms with Gasteiger partial charge < -0.3 is 28.9 Å². The number of nitrogens with one attached hydrogen (secondary N) is 2. The van der Waals surface area contributed by atoms with Gasteiger partial charge in [-0.2, -0.15) is 17.9 Å². The molecule has 2 atom stereocenters. The molecule has 0 unspecified atom stereocenters. The molecule has 3 aliphatic heterocycles. The Hall–Kier alpha value is -4.98. The maximum Gasteiger partial charge on any atom is 0.471 e. The number of rotatable bonds is 7. The summed E-state index contributed by atoms with van der Waals surface area (Å²) in [7, 11) is -3.43. The van der Waals surface area contributed by atoms with Crippen LogP contribution < -0.4 is 10.0 Å². The second kappa shape index (κ2) is 17.9. The molecular formula is C38H51F3N6O10S. The third kappa shape index (κ3) is 12.5. The van der Waals surface area contributed by atoms with E-state index in [4.69, 9.17) is 14.2 Å². The van der Waals surface area contributed by atoms with Crippen LogP contribution in [0.3, 0.4) is 0 Å². The first-order valence-corrected chi connectivity index (χ1v) is 20.0. The summed E-state index contributed by atoms with van der Waals surface area (Å²) in [5.74, 6) is -3.74. The first-order chi connectivity index (χ1) is 26.8. The fourth-order valence-electron chi connectivity index (χ4n) is 6.51. The molecule has 4 rings (SSSR count). The highest BCUT2D eigenvalue weighted by Gasteiger charge is 2.43. The lowest BCUT2D eigenvalue weighted by molar-refractivity contribution is -0.186. The van der Waals surface area contributed by atoms with Gasteiger partial charge >= 0.3 is 30.2 Å². The normalized spacial score (nSPS) is 18.6. The molecule has 0 bridgehead atoms. The Morgan fingerprint density at radius 1 is 0.931 bits per heavy atom. The van der Waals surface area contributed by atoms with E-state index in [0.717, 1.165) is 5.57 Å². The summed E-state index contributed by atoms with van der Waals surface area (Å²) in [4.78, 5) is 72.0. The second-order valence-corrected chi connectivity index (χ2v) is 17.9. The molecule has 20 heteroatoms. The molecule has 3 heterocycles. The summed E-state index contributed by atoms with van der Waals surface area (Å²) in [5, 5.41) is 2.50. The van der Waals surface area contributed by atoms with Crippen molar-refractivity contribution in [2.75, 3.05) is 33.3 Å². The molecule has 0 radical (unpaired) electrons. The fourth-order valence-corrected chi connectivity index (χ4v) is 7.75. The van der Waals surface area contributed by atoms with Crippen LogP contribution in [0.4, 0.5) is 22.8 Å². The van der Waals surface area contributed by atoms with Crippen molar-refractivity contribution >= 4 is 46.0 Å². The van der Waals surface area contributed by atoms with Crippen LogP contribution in [0, 0.1) is 0 Å². The number of carbonyl (C=O) groups excluding carboxylic acids is 5. The predicted molar refractivity (Wildman–Crippen MR) is 204 cm³/mol. The molecule has 16 nitrogen and oxygen atoms in total. The van der Waals surface area contributed by atoms with E-state index in [1.807, 2.05) is 0 Å². The SMILES string of the molecule is COC(=O)[C@H]1CC(C)=CCN1C(=O)[C@H](CC1=CCCN(C(=NC(=O)OC(C)(C)C)NC(=O)OC(C)(C)C)C1)NS(=O)(=O)c1ccc2c(c1)CN(C(=O)C(F)(F)F)CC2. The number of aliphatic imine (C=N–C) groups is 1. The van der Waals surface area contributed by atoms with Gasteiger partial charge in [0.25, 0.3) is 0 Å². The van der Waals surface area contributed by atoms with Crippen molar-refractivity contribution in [1.29, 1.82) is 0 Å². The second-order valence-electron chi connectivity index (χ2n) is 16.2. The van der Waals surface area contributed by atoms with Crippen molar-refractivity contribution in [2.24, 2.45) is 4.99 Å². The van der Waals surface area contributed by atoms with E-state index in [0.29, 0.717) is 22.5 Å². The topological polar surface area (TPSA) is 193 Å². The zero-order chi connectivity index (χ0) is 43.4. The van der Waals surface area contributed by atoms with Crippen molar-refractivity contribution in [2.45, 2.75) is 115 Å². The van der Waals surface area contributed by atoms with Crippen molar-refractivity contribution in [3.05, 3.63) is 52.6 Å². The highest BCUT2D eigenvalue weighted by Crippen LogP contribution is 2.28. The average molecular weight is 841 g/mol. The molecule has 0 aliphatic carbocycles. The highest BCUT2D eigenvalue weighted by atomic mass is 32.2. The molecule has 0 saturated heterocycles. The smallest absolute Gasteiger partial charge is 0.467 e. The molecule has 0 saturated carbocycles. The molecule has 320 valence electrons. The lowest BCUT2D eigenvalue weighted by Gasteiger charge is -2.36. The number of benzene rings is 1. The van der Waals surface area contributed by atoms with Gasteiger partial charge in [0.15, 0.2) is 0 Å². The Kier molecular flexibility index (Phi) is 14.1. The van der Waals surface area contributed by atoms with Gasteiger partial charge in [0.2, 0.25) is 21.9 Å². The molecule has 0 spiro atoms. The van der Waals surface area contributed by atoms with Crippen molar-refractivity contribution in [3.63, 3.8) is 0 Å². The molecule has 4 amide bonds. The predicted octanol–water partition coefficient (Wildman–Crippen LogP) is 4.34. The van der Waals surface area contributed by atoms with Gasteiger partial charge in [-0.05, 0) is 97.4 Å². The number of hydrogen-bond donors (Lipinski definition) is 2. The Bertz CT molecular complexity index is 1990. The summed E-state index contributed by atoms with van der Waals surface area (Å²) in [6.07, 6.45) is -3.29. The standard InChI is InChI=1S/C38H51F3N6O10S/c1-23-13-17-47(29(18-23)31(49)55-8)30(48)28(44-58(53,54)27-12-11-25-14-16-45(22-26(25)20-27)32(50)38(39,40)41)19-24-10-9-15-46(21-24)33(42-34(51)56-36(2,3)4)43-35(52)57-37(5,6)7/h10-13,20,28-29,44H,9,14-19,21-22H2,1-8H3,(H,42,43,51,52)/t28-,29+/m0/s1. The third-order valence-corrected chi connectivity index (χ3v) is 10.6. The summed E-state index contributed by atoms with van der Waals surface area (Å²) in [6.45, 7) is 11.1. The van der Waals surface area contributed by atoms with Crippen molar-refractivity contribution in [1.82, 2.24) is 24.7 Å². The number of carbonyl (C=O) groups is 5. The first-order valence-electron chi connectivity index (χ1n) is 18.5. The number of halogens is 3. The van der Waals surface area contributed by atoms with E-state index in [1.165, 1.54) is 35.1 Å². The van der Waals surface area contributed by atoms with Gasteiger partial charge in [0, 0.05) is 32.7 Å². The van der Waals surface area contributed by atoms with E-state index in [1.54, 1.807) is 60.6 Å². The van der Waals surface area contributed by atoms with Crippen LogP contribution in [-0.2, 0) is 51.6 Å². The van der Waals surface area contributed by atoms with E-state index < -0.39 is 76.0 Å². The molecule has 0 aromatic heterocycles. The first kappa shape index (κ1) is 45.7. The van der Waals surface area contributed by atoms with Gasteiger partial charge in [-0.3, -0.25) is 14.9 Å². The molecule has 2 N–H and O–H groups in total. The third-order valence-electron chi connectivity index (χ3n) is 9.11. The van der Waals surface area contributed by atoms with Gasteiger partial charge in [-0.15, -0.1) is 4.99 Å². The zero-order valence-electron chi connectivity index (χ0n) is 33.8. The fraction of sp³-hybridized carbons (Fsp3) is 0.579. The minimum absolute atomic E-state index is 0.0394. The zero-order valence-corrected chi connectivity index (χ0v) is 34.6. The largest absolute Gasteiger partial charge is 0.471 e. The summed E-state index contributed by atoms with van der Waals surface area (Å²) >= 11 is 0. The number of methoxy groups -OCH3 is 1. The number of fused-ring (bicyclic) bond motifs is 1. The molecule has 3 aliphatic rings. The summed E-state index contributed by atoms with van der Waals surface area (Å²) < 4.78 is 86.1. The van der Waals surface area contributed by atoms with Crippen LogP contribution in [0.25, 0.3) is 0 Å². The molecule has 1 aromatic carbocycles. The number of alkyl halides is 3. The van der Waals surface area contributed by atoms with Crippen molar-refractivity contribution < 1.29 is 59.8 Å². The van der Waals surface area contributed by atoms with Crippen molar-refractivity contribution in [3.8, 4) is 0 Å². The van der Waals surface area contributed by atoms with Crippen LogP contribution in [0.1, 0.15) is 78.9 Å². The lowest BCUT2D eigenvalue weighted by Crippen LogP contribution is -2.55. The molecule has 1 aromatic rings. The lowest BCUT2D eigenvalue weighted by atomic mass is 9.97. The van der Waals surface area contributed by atoms with Gasteiger partial charge in [-0.1, -0.05) is 29.4 Å². The Morgan fingerprint density at radius 3 is 2.22 bits per heavy atom. The molecular weight excluding hydrogens is 790 g/mol. The van der Waals surface area contributed by atoms with E-state index in [-0.39, 0.29) is 61.9 Å². The van der Waals surface area contributed by atoms with Gasteiger partial charge in [0.1, 0.15) is 23.3 Å². The minimum atomic E-state index is -5.11. The Morgan fingerprint density at radius 2 is 1.60 bits per heavy atom. The van der Waals surface area contributed by atoms with Crippen LogP contribution in [0.2, 0.25) is 0 Å². The number of nitrogens with zero attached hydrogens (tertiary/aromatic N) is 4. The number of alkyl carbamates (subject to hydrolysis) is 1. The quantitative estimate of drug-likeness (QED) is 0.131. The maximum absolute atomic E-state index is 14.4. The molecule has 58 heavy (non-hydrogen) atoms. The summed E-state index contributed by atoms with van der Waals surface area (Å²) in [5.41, 5.74) is 0.227. The highest BCUT2D eigenvalue weighted by molar-refractivity contribution is 7.89. The minimum Gasteiger partial charge on any atom is -0.467 e. The number of esters is 1. The summed E-state index contributed by atoms with van der Waals surface area (Å²) in [6, 6.07) is 1.27. The van der Waals surface area contributed by atoms with Gasteiger partial charge in [0.05, 0.1) is 12.0 Å².